The highest BCUT2D eigenvalue weighted by molar-refractivity contribution is 4.92. The van der Waals surface area contributed by atoms with Crippen LogP contribution in [0.3, 0.4) is 0 Å². The average Bonchev–Trinajstić information content (AvgIpc) is 2.53. The van der Waals surface area contributed by atoms with Crippen LogP contribution < -0.4 is 22.1 Å². The maximum absolute atomic E-state index is 10.3. The Morgan fingerprint density at radius 3 is 1.12 bits per heavy atom. The van der Waals surface area contributed by atoms with Gasteiger partial charge < -0.3 is 27.2 Å². The maximum Gasteiger partial charge on any atom is 0.0664 e. The van der Waals surface area contributed by atoms with Crippen molar-refractivity contribution in [2.24, 2.45) is 11.5 Å². The number of nitrogens with two attached hydrogens (primary N) is 2. The zero-order valence-electron chi connectivity index (χ0n) is 18.8. The van der Waals surface area contributed by atoms with Crippen molar-refractivity contribution in [2.45, 2.75) is 130 Å². The van der Waals surface area contributed by atoms with Crippen molar-refractivity contribution in [3.8, 4) is 0 Å². The van der Waals surface area contributed by atoms with E-state index in [1.807, 2.05) is 20.8 Å². The summed E-state index contributed by atoms with van der Waals surface area (Å²) in [5.41, 5.74) is 12.0. The summed E-state index contributed by atoms with van der Waals surface area (Å²) in [7, 11) is 0. The van der Waals surface area contributed by atoms with E-state index in [4.69, 9.17) is 11.5 Å². The summed E-state index contributed by atoms with van der Waals surface area (Å²) < 4.78 is 0. The molecule has 6 heteroatoms. The van der Waals surface area contributed by atoms with Crippen molar-refractivity contribution < 1.29 is 5.11 Å². The molecular formula is C20H47N5O. The monoisotopic (exact) mass is 373 g/mol. The first kappa shape index (κ1) is 25.8. The zero-order chi connectivity index (χ0) is 20.8. The van der Waals surface area contributed by atoms with Gasteiger partial charge in [0.05, 0.1) is 6.10 Å². The number of aliphatic hydroxyl groups excluding tert-OH is 1. The van der Waals surface area contributed by atoms with Gasteiger partial charge in [-0.25, -0.2) is 0 Å². The van der Waals surface area contributed by atoms with E-state index in [-0.39, 0.29) is 54.4 Å². The van der Waals surface area contributed by atoms with Crippen LogP contribution in [0.15, 0.2) is 0 Å². The average molecular weight is 374 g/mol. The van der Waals surface area contributed by atoms with Crippen LogP contribution in [0.25, 0.3) is 0 Å². The molecule has 0 aromatic carbocycles. The minimum Gasteiger partial charge on any atom is -0.392 e. The number of aliphatic hydroxyl groups is 1. The Balaban J connectivity index is 5.31. The van der Waals surface area contributed by atoms with E-state index in [1.165, 1.54) is 0 Å². The van der Waals surface area contributed by atoms with Gasteiger partial charge in [-0.15, -0.1) is 0 Å². The third-order valence-electron chi connectivity index (χ3n) is 6.19. The lowest BCUT2D eigenvalue weighted by molar-refractivity contribution is 0.000861. The Hall–Kier alpha value is -0.240. The van der Waals surface area contributed by atoms with E-state index >= 15 is 0 Å². The fraction of sp³-hybridized carbons (Fsp3) is 1.00. The number of hydrogen-bond acceptors (Lipinski definition) is 6. The van der Waals surface area contributed by atoms with Crippen molar-refractivity contribution in [3.63, 3.8) is 0 Å². The smallest absolute Gasteiger partial charge is 0.0664 e. The van der Waals surface area contributed by atoms with E-state index in [0.717, 1.165) is 0 Å². The summed E-state index contributed by atoms with van der Waals surface area (Å²) in [4.78, 5) is 2.42. The Bertz CT molecular complexity index is 349. The highest BCUT2D eigenvalue weighted by Crippen LogP contribution is 2.19. The lowest BCUT2D eigenvalue weighted by Gasteiger charge is -2.46. The molecular weight excluding hydrogens is 326 g/mol. The van der Waals surface area contributed by atoms with Crippen LogP contribution in [0.1, 0.15) is 69.2 Å². The molecule has 26 heavy (non-hydrogen) atoms. The molecule has 0 heterocycles. The standard InChI is InChI=1S/C20H47N5O/c1-11(21)13(3)23-15(5)17(7)25(19(9)20(10)26)18(8)16(6)24-14(4)12(2)22/h11-20,23-24,26H,21-22H2,1-10H3. The van der Waals surface area contributed by atoms with E-state index < -0.39 is 6.10 Å². The number of rotatable bonds is 12. The first-order valence-electron chi connectivity index (χ1n) is 10.3. The SMILES string of the molecule is CC(N)C(C)NC(C)C(C)N(C(C)C(C)O)C(C)C(C)NC(C)C(C)N. The fourth-order valence-corrected chi connectivity index (χ4v) is 3.29. The molecule has 0 aliphatic rings. The van der Waals surface area contributed by atoms with Crippen LogP contribution in [-0.2, 0) is 0 Å². The first-order valence-corrected chi connectivity index (χ1v) is 10.3. The first-order chi connectivity index (χ1) is 11.8. The van der Waals surface area contributed by atoms with Crippen LogP contribution in [0, 0.1) is 0 Å². The molecule has 0 saturated carbocycles. The van der Waals surface area contributed by atoms with Crippen LogP contribution in [0.5, 0.6) is 0 Å². The largest absolute Gasteiger partial charge is 0.392 e. The molecule has 6 nitrogen and oxygen atoms in total. The second-order valence-corrected chi connectivity index (χ2v) is 8.62. The fourth-order valence-electron chi connectivity index (χ4n) is 3.29. The maximum atomic E-state index is 10.3. The third-order valence-corrected chi connectivity index (χ3v) is 6.19. The number of nitrogens with one attached hydrogen (secondary N) is 2. The predicted octanol–water partition coefficient (Wildman–Crippen LogP) is 1.26. The Morgan fingerprint density at radius 1 is 0.577 bits per heavy atom. The summed E-state index contributed by atoms with van der Waals surface area (Å²) in [6.07, 6.45) is -0.406. The number of nitrogens with zero attached hydrogens (tertiary/aromatic N) is 1. The molecule has 0 radical (unpaired) electrons. The molecule has 0 spiro atoms. The van der Waals surface area contributed by atoms with Crippen molar-refractivity contribution in [2.75, 3.05) is 0 Å². The van der Waals surface area contributed by atoms with Gasteiger partial charge in [-0.05, 0) is 69.2 Å². The number of hydrogen-bond donors (Lipinski definition) is 5. The van der Waals surface area contributed by atoms with Gasteiger partial charge >= 0.3 is 0 Å². The van der Waals surface area contributed by atoms with Crippen molar-refractivity contribution in [1.82, 2.24) is 15.5 Å². The second-order valence-electron chi connectivity index (χ2n) is 8.62. The van der Waals surface area contributed by atoms with Gasteiger partial charge in [0.2, 0.25) is 0 Å². The minimum absolute atomic E-state index is 0.0460. The highest BCUT2D eigenvalue weighted by atomic mass is 16.3. The molecule has 0 saturated heterocycles. The van der Waals surface area contributed by atoms with Crippen LogP contribution in [0.4, 0.5) is 0 Å². The molecule has 0 fully saturated rings. The molecule has 0 aromatic rings. The van der Waals surface area contributed by atoms with E-state index in [2.05, 4.69) is 64.0 Å². The van der Waals surface area contributed by atoms with Gasteiger partial charge in [-0.2, -0.15) is 0 Å². The van der Waals surface area contributed by atoms with Gasteiger partial charge in [-0.1, -0.05) is 0 Å². The van der Waals surface area contributed by atoms with Crippen LogP contribution in [0.2, 0.25) is 0 Å². The minimum atomic E-state index is -0.406. The molecule has 158 valence electrons. The summed E-state index contributed by atoms with van der Waals surface area (Å²) in [6.45, 7) is 21.1. The van der Waals surface area contributed by atoms with Crippen molar-refractivity contribution in [1.29, 1.82) is 0 Å². The van der Waals surface area contributed by atoms with Gasteiger partial charge in [-0.3, -0.25) is 4.90 Å². The van der Waals surface area contributed by atoms with E-state index in [0.29, 0.717) is 0 Å². The van der Waals surface area contributed by atoms with Gasteiger partial charge in [0.25, 0.3) is 0 Å². The third kappa shape index (κ3) is 7.79. The van der Waals surface area contributed by atoms with E-state index in [9.17, 15) is 5.11 Å². The summed E-state index contributed by atoms with van der Waals surface area (Å²) in [5, 5.41) is 17.5. The van der Waals surface area contributed by atoms with Gasteiger partial charge in [0.1, 0.15) is 0 Å². The van der Waals surface area contributed by atoms with Gasteiger partial charge in [0, 0.05) is 54.4 Å². The van der Waals surface area contributed by atoms with Gasteiger partial charge in [0.15, 0.2) is 0 Å². The molecule has 10 atom stereocenters. The van der Waals surface area contributed by atoms with E-state index in [1.54, 1.807) is 0 Å². The molecule has 0 aliphatic carbocycles. The van der Waals surface area contributed by atoms with Crippen molar-refractivity contribution in [3.05, 3.63) is 0 Å². The molecule has 0 bridgehead atoms. The Morgan fingerprint density at radius 2 is 0.885 bits per heavy atom. The molecule has 0 aliphatic heterocycles. The van der Waals surface area contributed by atoms with Crippen LogP contribution in [-0.4, -0.2) is 70.5 Å². The molecule has 0 aromatic heterocycles. The quantitative estimate of drug-likeness (QED) is 0.353. The summed E-state index contributed by atoms with van der Waals surface area (Å²) >= 11 is 0. The summed E-state index contributed by atoms with van der Waals surface area (Å²) in [5.74, 6) is 0. The summed E-state index contributed by atoms with van der Waals surface area (Å²) in [6, 6.07) is 1.69. The molecule has 0 rings (SSSR count). The van der Waals surface area contributed by atoms with Crippen LogP contribution >= 0.6 is 0 Å². The topological polar surface area (TPSA) is 99.6 Å². The molecule has 10 unspecified atom stereocenters. The molecule has 7 N–H and O–H groups in total. The normalized spacial score (nSPS) is 24.2. The molecule has 0 amide bonds. The highest BCUT2D eigenvalue weighted by Gasteiger charge is 2.34. The second kappa shape index (κ2) is 11.6. The van der Waals surface area contributed by atoms with Crippen molar-refractivity contribution >= 4 is 0 Å². The predicted molar refractivity (Wildman–Crippen MR) is 113 cm³/mol. The Labute approximate surface area is 162 Å². The lowest BCUT2D eigenvalue weighted by Crippen LogP contribution is -2.62. The lowest BCUT2D eigenvalue weighted by atomic mass is 9.97. The zero-order valence-corrected chi connectivity index (χ0v) is 18.8. The Kier molecular flexibility index (Phi) is 11.5.